The molecule has 0 spiro atoms. The number of ether oxygens (including phenoxy) is 1. The van der Waals surface area contributed by atoms with Crippen LogP contribution in [0.3, 0.4) is 0 Å². The van der Waals surface area contributed by atoms with Crippen LogP contribution in [0.2, 0.25) is 0 Å². The van der Waals surface area contributed by atoms with Gasteiger partial charge in [-0.05, 0) is 0 Å². The number of anilines is 1. The smallest absolute Gasteiger partial charge is 0.180 e. The molecule has 0 radical (unpaired) electrons. The molecule has 1 fully saturated rings. The Morgan fingerprint density at radius 3 is 3.17 bits per heavy atom. The number of nitrogen functional groups attached to an aromatic ring is 1. The second kappa shape index (κ2) is 5.31. The lowest BCUT2D eigenvalue weighted by Crippen LogP contribution is -2.37. The maximum absolute atomic E-state index is 5.76. The minimum absolute atomic E-state index is 0.101. The van der Waals surface area contributed by atoms with E-state index in [1.165, 1.54) is 4.88 Å². The van der Waals surface area contributed by atoms with Crippen molar-refractivity contribution in [3.8, 4) is 0 Å². The van der Waals surface area contributed by atoms with E-state index in [4.69, 9.17) is 10.5 Å². The third-order valence-electron chi connectivity index (χ3n) is 2.83. The van der Waals surface area contributed by atoms with Crippen LogP contribution in [-0.4, -0.2) is 34.6 Å². The Morgan fingerprint density at radius 1 is 1.50 bits per heavy atom. The lowest BCUT2D eigenvalue weighted by molar-refractivity contribution is -0.0327. The average Bonchev–Trinajstić information content (AvgIpc) is 3.01. The first-order chi connectivity index (χ1) is 8.81. The second-order valence-corrected chi connectivity index (χ2v) is 6.20. The molecule has 2 aromatic rings. The number of hydrogen-bond acceptors (Lipinski definition) is 7. The molecule has 1 unspecified atom stereocenters. The standard InChI is InChI=1S/C11H14N4OS2/c12-11-14-5-8(18-11)6-15-2-3-16-9(7-15)10-13-1-4-17-10/h1,4-5,9H,2-3,6-7H2,(H2,12,14). The quantitative estimate of drug-likeness (QED) is 0.929. The number of nitrogens with zero attached hydrogens (tertiary/aromatic N) is 3. The minimum atomic E-state index is 0.101. The van der Waals surface area contributed by atoms with Gasteiger partial charge in [0.2, 0.25) is 0 Å². The molecule has 0 amide bonds. The van der Waals surface area contributed by atoms with E-state index in [2.05, 4.69) is 14.9 Å². The number of nitrogens with two attached hydrogens (primary N) is 1. The minimum Gasteiger partial charge on any atom is -0.375 e. The highest BCUT2D eigenvalue weighted by Crippen LogP contribution is 2.25. The van der Waals surface area contributed by atoms with E-state index in [0.29, 0.717) is 5.13 Å². The van der Waals surface area contributed by atoms with Crippen molar-refractivity contribution in [1.29, 1.82) is 0 Å². The second-order valence-electron chi connectivity index (χ2n) is 4.13. The molecule has 3 heterocycles. The van der Waals surface area contributed by atoms with Gasteiger partial charge in [0.1, 0.15) is 11.1 Å². The summed E-state index contributed by atoms with van der Waals surface area (Å²) in [7, 11) is 0. The monoisotopic (exact) mass is 282 g/mol. The van der Waals surface area contributed by atoms with Gasteiger partial charge in [0.25, 0.3) is 0 Å². The number of hydrogen-bond donors (Lipinski definition) is 1. The Labute approximate surface area is 113 Å². The first kappa shape index (κ1) is 12.0. The molecular weight excluding hydrogens is 268 g/mol. The van der Waals surface area contributed by atoms with Crippen molar-refractivity contribution < 1.29 is 4.74 Å². The number of thiazole rings is 2. The molecule has 1 aliphatic heterocycles. The maximum Gasteiger partial charge on any atom is 0.180 e. The topological polar surface area (TPSA) is 64.3 Å². The number of aromatic nitrogens is 2. The summed E-state index contributed by atoms with van der Waals surface area (Å²) in [5.41, 5.74) is 5.64. The molecule has 2 aromatic heterocycles. The van der Waals surface area contributed by atoms with Crippen molar-refractivity contribution in [3.63, 3.8) is 0 Å². The zero-order chi connectivity index (χ0) is 12.4. The summed E-state index contributed by atoms with van der Waals surface area (Å²) in [6.45, 7) is 3.46. The Morgan fingerprint density at radius 2 is 2.44 bits per heavy atom. The SMILES string of the molecule is Nc1ncc(CN2CCOC(c3nccs3)C2)s1. The Hall–Kier alpha value is -1.02. The van der Waals surface area contributed by atoms with Crippen LogP contribution in [0.5, 0.6) is 0 Å². The number of morpholine rings is 1. The molecule has 1 aliphatic rings. The molecule has 0 bridgehead atoms. The summed E-state index contributed by atoms with van der Waals surface area (Å²) in [6.07, 6.45) is 3.78. The molecule has 18 heavy (non-hydrogen) atoms. The van der Waals surface area contributed by atoms with E-state index >= 15 is 0 Å². The average molecular weight is 282 g/mol. The van der Waals surface area contributed by atoms with Crippen LogP contribution in [0.1, 0.15) is 16.0 Å². The lowest BCUT2D eigenvalue weighted by Gasteiger charge is -2.31. The predicted molar refractivity (Wildman–Crippen MR) is 72.6 cm³/mol. The summed E-state index contributed by atoms with van der Waals surface area (Å²) >= 11 is 3.20. The first-order valence-electron chi connectivity index (χ1n) is 5.75. The highest BCUT2D eigenvalue weighted by molar-refractivity contribution is 7.15. The van der Waals surface area contributed by atoms with Crippen LogP contribution in [0.15, 0.2) is 17.8 Å². The van der Waals surface area contributed by atoms with Gasteiger partial charge >= 0.3 is 0 Å². The van der Waals surface area contributed by atoms with Crippen LogP contribution < -0.4 is 5.73 Å². The normalized spacial score (nSPS) is 21.2. The molecule has 5 nitrogen and oxygen atoms in total. The van der Waals surface area contributed by atoms with E-state index in [0.717, 1.165) is 31.2 Å². The van der Waals surface area contributed by atoms with Crippen molar-refractivity contribution >= 4 is 27.8 Å². The Bertz CT molecular complexity index is 499. The third kappa shape index (κ3) is 2.69. The molecule has 7 heteroatoms. The summed E-state index contributed by atoms with van der Waals surface area (Å²) in [5, 5.41) is 3.68. The third-order valence-corrected chi connectivity index (χ3v) is 4.51. The van der Waals surface area contributed by atoms with Gasteiger partial charge in [0.15, 0.2) is 5.13 Å². The van der Waals surface area contributed by atoms with Crippen molar-refractivity contribution in [1.82, 2.24) is 14.9 Å². The van der Waals surface area contributed by atoms with Crippen molar-refractivity contribution in [3.05, 3.63) is 27.7 Å². The lowest BCUT2D eigenvalue weighted by atomic mass is 10.3. The molecule has 1 saturated heterocycles. The van der Waals surface area contributed by atoms with Gasteiger partial charge in [-0.2, -0.15) is 0 Å². The van der Waals surface area contributed by atoms with E-state index in [-0.39, 0.29) is 6.10 Å². The summed E-state index contributed by atoms with van der Waals surface area (Å²) < 4.78 is 5.76. The largest absolute Gasteiger partial charge is 0.375 e. The highest BCUT2D eigenvalue weighted by Gasteiger charge is 2.24. The van der Waals surface area contributed by atoms with Gasteiger partial charge in [0.05, 0.1) is 6.61 Å². The predicted octanol–water partition coefficient (Wildman–Crippen LogP) is 1.76. The fraction of sp³-hybridized carbons (Fsp3) is 0.455. The zero-order valence-electron chi connectivity index (χ0n) is 9.78. The number of rotatable bonds is 3. The van der Waals surface area contributed by atoms with Gasteiger partial charge in [-0.25, -0.2) is 9.97 Å². The summed E-state index contributed by atoms with van der Waals surface area (Å²) in [5.74, 6) is 0. The molecule has 1 atom stereocenters. The van der Waals surface area contributed by atoms with Crippen LogP contribution in [0, 0.1) is 0 Å². The van der Waals surface area contributed by atoms with Crippen LogP contribution in [0.4, 0.5) is 5.13 Å². The molecule has 0 saturated carbocycles. The van der Waals surface area contributed by atoms with Gasteiger partial charge in [0, 0.05) is 42.3 Å². The van der Waals surface area contributed by atoms with Gasteiger partial charge < -0.3 is 10.5 Å². The molecule has 3 rings (SSSR count). The van der Waals surface area contributed by atoms with E-state index < -0.39 is 0 Å². The molecule has 0 aromatic carbocycles. The fourth-order valence-electron chi connectivity index (χ4n) is 2.01. The summed E-state index contributed by atoms with van der Waals surface area (Å²) in [6, 6.07) is 0. The molecule has 2 N–H and O–H groups in total. The van der Waals surface area contributed by atoms with Crippen molar-refractivity contribution in [2.45, 2.75) is 12.6 Å². The highest BCUT2D eigenvalue weighted by atomic mass is 32.1. The van der Waals surface area contributed by atoms with E-state index in [1.807, 2.05) is 17.8 Å². The maximum atomic E-state index is 5.76. The van der Waals surface area contributed by atoms with Crippen LogP contribution in [0.25, 0.3) is 0 Å². The van der Waals surface area contributed by atoms with E-state index in [9.17, 15) is 0 Å². The van der Waals surface area contributed by atoms with Gasteiger partial charge in [-0.1, -0.05) is 0 Å². The Kier molecular flexibility index (Phi) is 3.55. The molecule has 96 valence electrons. The van der Waals surface area contributed by atoms with Gasteiger partial charge in [-0.15, -0.1) is 22.7 Å². The van der Waals surface area contributed by atoms with Crippen LogP contribution >= 0.6 is 22.7 Å². The first-order valence-corrected chi connectivity index (χ1v) is 7.44. The zero-order valence-corrected chi connectivity index (χ0v) is 11.4. The molecule has 0 aliphatic carbocycles. The Balaban J connectivity index is 1.63. The van der Waals surface area contributed by atoms with Gasteiger partial charge in [-0.3, -0.25) is 4.90 Å². The fourth-order valence-corrected chi connectivity index (χ4v) is 3.41. The summed E-state index contributed by atoms with van der Waals surface area (Å²) in [4.78, 5) is 12.0. The molecular formula is C11H14N4OS2. The van der Waals surface area contributed by atoms with Crippen LogP contribution in [-0.2, 0) is 11.3 Å². The van der Waals surface area contributed by atoms with Crippen molar-refractivity contribution in [2.75, 3.05) is 25.4 Å². The van der Waals surface area contributed by atoms with Crippen molar-refractivity contribution in [2.24, 2.45) is 0 Å². The van der Waals surface area contributed by atoms with E-state index in [1.54, 1.807) is 22.7 Å².